The molecule has 2 N–H and O–H groups in total. The second-order valence-corrected chi connectivity index (χ2v) is 4.55. The summed E-state index contributed by atoms with van der Waals surface area (Å²) in [5, 5.41) is 17.7. The molecule has 20 heavy (non-hydrogen) atoms. The SMILES string of the molecule is Cc1ccccc1OCCCC(=O)N(CCO)CCO. The molecule has 0 fully saturated rings. The zero-order chi connectivity index (χ0) is 14.8. The van der Waals surface area contributed by atoms with Gasteiger partial charge in [-0.15, -0.1) is 0 Å². The predicted octanol–water partition coefficient (Wildman–Crippen LogP) is 0.967. The average molecular weight is 281 g/mol. The van der Waals surface area contributed by atoms with Crippen molar-refractivity contribution < 1.29 is 19.7 Å². The Bertz CT molecular complexity index is 403. The number of aryl methyl sites for hydroxylation is 1. The van der Waals surface area contributed by atoms with E-state index in [4.69, 9.17) is 14.9 Å². The minimum Gasteiger partial charge on any atom is -0.493 e. The molecule has 1 aromatic carbocycles. The number of carbonyl (C=O) groups is 1. The summed E-state index contributed by atoms with van der Waals surface area (Å²) >= 11 is 0. The van der Waals surface area contributed by atoms with Crippen LogP contribution in [0.25, 0.3) is 0 Å². The first kappa shape index (κ1) is 16.5. The normalized spacial score (nSPS) is 10.3. The predicted molar refractivity (Wildman–Crippen MR) is 76.7 cm³/mol. The van der Waals surface area contributed by atoms with Gasteiger partial charge in [0, 0.05) is 19.5 Å². The van der Waals surface area contributed by atoms with E-state index in [1.165, 1.54) is 4.90 Å². The Kier molecular flexibility index (Phi) is 7.69. The molecule has 1 rings (SSSR count). The highest BCUT2D eigenvalue weighted by atomic mass is 16.5. The second kappa shape index (κ2) is 9.34. The molecular formula is C15H23NO4. The molecule has 112 valence electrons. The molecule has 1 aromatic rings. The van der Waals surface area contributed by atoms with Crippen LogP contribution in [0.2, 0.25) is 0 Å². The summed E-state index contributed by atoms with van der Waals surface area (Å²) in [6, 6.07) is 7.75. The Morgan fingerprint density at radius 1 is 1.20 bits per heavy atom. The highest BCUT2D eigenvalue weighted by Gasteiger charge is 2.11. The van der Waals surface area contributed by atoms with Gasteiger partial charge in [0.15, 0.2) is 0 Å². The zero-order valence-corrected chi connectivity index (χ0v) is 11.9. The van der Waals surface area contributed by atoms with Gasteiger partial charge in [0.1, 0.15) is 5.75 Å². The number of ether oxygens (including phenoxy) is 1. The fourth-order valence-electron chi connectivity index (χ4n) is 1.88. The van der Waals surface area contributed by atoms with E-state index in [-0.39, 0.29) is 32.2 Å². The van der Waals surface area contributed by atoms with Gasteiger partial charge >= 0.3 is 0 Å². The van der Waals surface area contributed by atoms with Crippen LogP contribution in [0, 0.1) is 6.92 Å². The number of hydrogen-bond acceptors (Lipinski definition) is 4. The third-order valence-corrected chi connectivity index (χ3v) is 2.98. The maximum Gasteiger partial charge on any atom is 0.222 e. The third kappa shape index (κ3) is 5.59. The molecule has 0 heterocycles. The number of benzene rings is 1. The molecule has 0 saturated heterocycles. The summed E-state index contributed by atoms with van der Waals surface area (Å²) in [5.74, 6) is 0.768. The van der Waals surface area contributed by atoms with E-state index in [1.54, 1.807) is 0 Å². The van der Waals surface area contributed by atoms with Crippen molar-refractivity contribution in [3.05, 3.63) is 29.8 Å². The first-order valence-corrected chi connectivity index (χ1v) is 6.87. The number of nitrogens with zero attached hydrogens (tertiary/aromatic N) is 1. The molecule has 0 aliphatic rings. The van der Waals surface area contributed by atoms with Crippen molar-refractivity contribution in [1.29, 1.82) is 0 Å². The lowest BCUT2D eigenvalue weighted by Crippen LogP contribution is -2.35. The highest BCUT2D eigenvalue weighted by molar-refractivity contribution is 5.76. The molecular weight excluding hydrogens is 258 g/mol. The maximum atomic E-state index is 11.8. The van der Waals surface area contributed by atoms with Gasteiger partial charge in [-0.25, -0.2) is 0 Å². The Morgan fingerprint density at radius 3 is 2.45 bits per heavy atom. The second-order valence-electron chi connectivity index (χ2n) is 4.55. The Hall–Kier alpha value is -1.59. The van der Waals surface area contributed by atoms with Crippen LogP contribution < -0.4 is 4.74 Å². The molecule has 1 amide bonds. The van der Waals surface area contributed by atoms with E-state index in [1.807, 2.05) is 31.2 Å². The molecule has 0 saturated carbocycles. The van der Waals surface area contributed by atoms with Crippen LogP contribution in [0.1, 0.15) is 18.4 Å². The fraction of sp³-hybridized carbons (Fsp3) is 0.533. The number of hydrogen-bond donors (Lipinski definition) is 2. The van der Waals surface area contributed by atoms with Crippen molar-refractivity contribution in [3.63, 3.8) is 0 Å². The van der Waals surface area contributed by atoms with E-state index in [9.17, 15) is 4.79 Å². The van der Waals surface area contributed by atoms with Crippen molar-refractivity contribution in [2.24, 2.45) is 0 Å². The maximum absolute atomic E-state index is 11.8. The van der Waals surface area contributed by atoms with Gasteiger partial charge in [0.25, 0.3) is 0 Å². The van der Waals surface area contributed by atoms with E-state index < -0.39 is 0 Å². The van der Waals surface area contributed by atoms with E-state index >= 15 is 0 Å². The van der Waals surface area contributed by atoms with Gasteiger partial charge in [-0.2, -0.15) is 0 Å². The Balaban J connectivity index is 2.29. The molecule has 0 bridgehead atoms. The molecule has 0 aromatic heterocycles. The Morgan fingerprint density at radius 2 is 1.85 bits per heavy atom. The van der Waals surface area contributed by atoms with Crippen LogP contribution in [0.4, 0.5) is 0 Å². The monoisotopic (exact) mass is 281 g/mol. The number of aliphatic hydroxyl groups is 2. The van der Waals surface area contributed by atoms with Gasteiger partial charge in [0.05, 0.1) is 19.8 Å². The van der Waals surface area contributed by atoms with E-state index in [0.29, 0.717) is 19.4 Å². The van der Waals surface area contributed by atoms with Crippen molar-refractivity contribution in [2.45, 2.75) is 19.8 Å². The highest BCUT2D eigenvalue weighted by Crippen LogP contribution is 2.16. The van der Waals surface area contributed by atoms with Crippen LogP contribution in [-0.2, 0) is 4.79 Å². The van der Waals surface area contributed by atoms with Gasteiger partial charge in [-0.1, -0.05) is 18.2 Å². The Labute approximate surface area is 119 Å². The van der Waals surface area contributed by atoms with Gasteiger partial charge in [0.2, 0.25) is 5.91 Å². The first-order chi connectivity index (χ1) is 9.69. The summed E-state index contributed by atoms with van der Waals surface area (Å²) in [7, 11) is 0. The lowest BCUT2D eigenvalue weighted by molar-refractivity contribution is -0.132. The summed E-state index contributed by atoms with van der Waals surface area (Å²) in [4.78, 5) is 13.3. The molecule has 5 nitrogen and oxygen atoms in total. The molecule has 0 aliphatic carbocycles. The first-order valence-electron chi connectivity index (χ1n) is 6.87. The van der Waals surface area contributed by atoms with Crippen molar-refractivity contribution in [3.8, 4) is 5.75 Å². The van der Waals surface area contributed by atoms with Crippen LogP contribution in [0.3, 0.4) is 0 Å². The lowest BCUT2D eigenvalue weighted by Gasteiger charge is -2.20. The summed E-state index contributed by atoms with van der Waals surface area (Å²) < 4.78 is 5.62. The largest absolute Gasteiger partial charge is 0.493 e. The van der Waals surface area contributed by atoms with E-state index in [2.05, 4.69) is 0 Å². The lowest BCUT2D eigenvalue weighted by atomic mass is 10.2. The molecule has 5 heteroatoms. The van der Waals surface area contributed by atoms with Crippen LogP contribution in [-0.4, -0.2) is 53.9 Å². The fourth-order valence-corrected chi connectivity index (χ4v) is 1.88. The molecule has 0 unspecified atom stereocenters. The number of aliphatic hydroxyl groups excluding tert-OH is 2. The smallest absolute Gasteiger partial charge is 0.222 e. The standard InChI is InChI=1S/C15H23NO4/c1-13-5-2-3-6-14(13)20-12-4-7-15(19)16(8-10-17)9-11-18/h2-3,5-6,17-18H,4,7-12H2,1H3. The van der Waals surface area contributed by atoms with Crippen molar-refractivity contribution in [1.82, 2.24) is 4.90 Å². The average Bonchev–Trinajstić information content (AvgIpc) is 2.45. The quantitative estimate of drug-likeness (QED) is 0.662. The van der Waals surface area contributed by atoms with E-state index in [0.717, 1.165) is 11.3 Å². The summed E-state index contributed by atoms with van der Waals surface area (Å²) in [5.41, 5.74) is 1.07. The van der Waals surface area contributed by atoms with Crippen LogP contribution in [0.5, 0.6) is 5.75 Å². The number of para-hydroxylation sites is 1. The zero-order valence-electron chi connectivity index (χ0n) is 11.9. The molecule has 0 spiro atoms. The van der Waals surface area contributed by atoms with Crippen LogP contribution in [0.15, 0.2) is 24.3 Å². The molecule has 0 atom stereocenters. The summed E-state index contributed by atoms with van der Waals surface area (Å²) in [6.45, 7) is 2.79. The number of rotatable bonds is 9. The van der Waals surface area contributed by atoms with Gasteiger partial charge in [-0.3, -0.25) is 4.79 Å². The molecule has 0 radical (unpaired) electrons. The number of carbonyl (C=O) groups excluding carboxylic acids is 1. The van der Waals surface area contributed by atoms with Gasteiger partial charge in [-0.05, 0) is 25.0 Å². The van der Waals surface area contributed by atoms with Crippen molar-refractivity contribution >= 4 is 5.91 Å². The summed E-state index contributed by atoms with van der Waals surface area (Å²) in [6.07, 6.45) is 0.965. The van der Waals surface area contributed by atoms with Crippen LogP contribution >= 0.6 is 0 Å². The van der Waals surface area contributed by atoms with Crippen molar-refractivity contribution in [2.75, 3.05) is 32.9 Å². The minimum absolute atomic E-state index is 0.0681. The number of amides is 1. The third-order valence-electron chi connectivity index (χ3n) is 2.98. The van der Waals surface area contributed by atoms with Gasteiger partial charge < -0.3 is 19.8 Å². The molecule has 0 aliphatic heterocycles. The minimum atomic E-state index is -0.0918. The topological polar surface area (TPSA) is 70.0 Å².